The molecule has 0 saturated heterocycles. The zero-order chi connectivity index (χ0) is 17.8. The summed E-state index contributed by atoms with van der Waals surface area (Å²) in [6.45, 7) is 2.06. The zero-order valence-corrected chi connectivity index (χ0v) is 14.0. The topological polar surface area (TPSA) is 63.7 Å². The van der Waals surface area contributed by atoms with Crippen molar-refractivity contribution >= 4 is 17.8 Å². The van der Waals surface area contributed by atoms with Gasteiger partial charge >= 0.3 is 5.97 Å². The Morgan fingerprint density at radius 2 is 1.52 bits per heavy atom. The minimum Gasteiger partial charge on any atom is -0.461 e. The molecule has 5 heteroatoms. The first-order valence-electron chi connectivity index (χ1n) is 8.27. The molecule has 2 amide bonds. The number of hydrogen-bond donors (Lipinski definition) is 0. The van der Waals surface area contributed by atoms with E-state index in [0.717, 1.165) is 10.5 Å². The smallest absolute Gasteiger partial charge is 0.311 e. The SMILES string of the molecule is CCC(CN1C(=O)c2ccccc2C1=O)C(=O)OCc1ccccc1. The molecule has 1 atom stereocenters. The lowest BCUT2D eigenvalue weighted by Crippen LogP contribution is -2.37. The average molecular weight is 337 g/mol. The maximum Gasteiger partial charge on any atom is 0.311 e. The Kier molecular flexibility index (Phi) is 4.93. The normalized spacial score (nSPS) is 14.4. The second kappa shape index (κ2) is 7.30. The summed E-state index contributed by atoms with van der Waals surface area (Å²) >= 11 is 0. The van der Waals surface area contributed by atoms with E-state index in [4.69, 9.17) is 4.74 Å². The molecule has 5 nitrogen and oxygen atoms in total. The van der Waals surface area contributed by atoms with Gasteiger partial charge in [0.1, 0.15) is 6.61 Å². The number of carbonyl (C=O) groups excluding carboxylic acids is 3. The molecule has 0 bridgehead atoms. The average Bonchev–Trinajstić information content (AvgIpc) is 2.89. The zero-order valence-electron chi connectivity index (χ0n) is 14.0. The van der Waals surface area contributed by atoms with Crippen LogP contribution in [-0.4, -0.2) is 29.2 Å². The van der Waals surface area contributed by atoms with Crippen LogP contribution in [-0.2, 0) is 16.1 Å². The molecule has 2 aromatic rings. The number of ether oxygens (including phenoxy) is 1. The minimum absolute atomic E-state index is 0.0382. The number of hydrogen-bond acceptors (Lipinski definition) is 4. The fourth-order valence-electron chi connectivity index (χ4n) is 2.84. The van der Waals surface area contributed by atoms with Crippen molar-refractivity contribution < 1.29 is 19.1 Å². The third-order valence-corrected chi connectivity index (χ3v) is 4.33. The molecule has 25 heavy (non-hydrogen) atoms. The summed E-state index contributed by atoms with van der Waals surface area (Å²) in [5.41, 5.74) is 1.67. The van der Waals surface area contributed by atoms with Gasteiger partial charge in [-0.05, 0) is 24.1 Å². The Hall–Kier alpha value is -2.95. The predicted octanol–water partition coefficient (Wildman–Crippen LogP) is 3.05. The van der Waals surface area contributed by atoms with E-state index in [1.165, 1.54) is 0 Å². The molecule has 0 aliphatic carbocycles. The van der Waals surface area contributed by atoms with Crippen molar-refractivity contribution in [2.45, 2.75) is 20.0 Å². The van der Waals surface area contributed by atoms with Crippen molar-refractivity contribution in [1.29, 1.82) is 0 Å². The van der Waals surface area contributed by atoms with E-state index in [1.54, 1.807) is 24.3 Å². The molecule has 0 radical (unpaired) electrons. The van der Waals surface area contributed by atoms with E-state index in [9.17, 15) is 14.4 Å². The first kappa shape index (κ1) is 16.9. The Balaban J connectivity index is 1.65. The maximum atomic E-state index is 12.4. The molecular weight excluding hydrogens is 318 g/mol. The number of nitrogens with zero attached hydrogens (tertiary/aromatic N) is 1. The first-order valence-corrected chi connectivity index (χ1v) is 8.27. The summed E-state index contributed by atoms with van der Waals surface area (Å²) < 4.78 is 5.35. The van der Waals surface area contributed by atoms with Crippen LogP contribution in [0.4, 0.5) is 0 Å². The third-order valence-electron chi connectivity index (χ3n) is 4.33. The van der Waals surface area contributed by atoms with E-state index in [2.05, 4.69) is 0 Å². The third kappa shape index (κ3) is 3.45. The lowest BCUT2D eigenvalue weighted by Gasteiger charge is -2.20. The van der Waals surface area contributed by atoms with Crippen molar-refractivity contribution in [2.75, 3.05) is 6.54 Å². The van der Waals surface area contributed by atoms with Gasteiger partial charge in [0.2, 0.25) is 0 Å². The summed E-state index contributed by atoms with van der Waals surface area (Å²) in [6.07, 6.45) is 0.487. The van der Waals surface area contributed by atoms with Gasteiger partial charge in [-0.15, -0.1) is 0 Å². The van der Waals surface area contributed by atoms with E-state index < -0.39 is 11.9 Å². The molecule has 2 aromatic carbocycles. The van der Waals surface area contributed by atoms with E-state index in [0.29, 0.717) is 17.5 Å². The molecule has 1 heterocycles. The molecule has 1 aliphatic rings. The van der Waals surface area contributed by atoms with Crippen molar-refractivity contribution in [2.24, 2.45) is 5.92 Å². The van der Waals surface area contributed by atoms with Crippen LogP contribution in [0, 0.1) is 5.92 Å². The van der Waals surface area contributed by atoms with Crippen molar-refractivity contribution in [3.63, 3.8) is 0 Å². The monoisotopic (exact) mass is 337 g/mol. The lowest BCUT2D eigenvalue weighted by molar-refractivity contribution is -0.150. The van der Waals surface area contributed by atoms with Gasteiger partial charge in [0, 0.05) is 6.54 Å². The van der Waals surface area contributed by atoms with Gasteiger partial charge in [-0.25, -0.2) is 0 Å². The molecular formula is C20H19NO4. The van der Waals surface area contributed by atoms with Crippen LogP contribution < -0.4 is 0 Å². The van der Waals surface area contributed by atoms with Crippen molar-refractivity contribution in [3.8, 4) is 0 Å². The molecule has 0 spiro atoms. The molecule has 0 saturated carbocycles. The van der Waals surface area contributed by atoms with Crippen LogP contribution in [0.1, 0.15) is 39.6 Å². The standard InChI is InChI=1S/C20H19NO4/c1-2-15(20(24)25-13-14-8-4-3-5-9-14)12-21-18(22)16-10-6-7-11-17(16)19(21)23/h3-11,15H,2,12-13H2,1H3. The van der Waals surface area contributed by atoms with Gasteiger partial charge in [0.15, 0.2) is 0 Å². The number of rotatable bonds is 6. The Morgan fingerprint density at radius 3 is 2.08 bits per heavy atom. The predicted molar refractivity (Wildman–Crippen MR) is 91.8 cm³/mol. The molecule has 1 unspecified atom stereocenters. The number of carbonyl (C=O) groups is 3. The quantitative estimate of drug-likeness (QED) is 0.600. The van der Waals surface area contributed by atoms with Crippen molar-refractivity contribution in [1.82, 2.24) is 4.90 Å². The second-order valence-electron chi connectivity index (χ2n) is 5.96. The van der Waals surface area contributed by atoms with Crippen LogP contribution >= 0.6 is 0 Å². The lowest BCUT2D eigenvalue weighted by atomic mass is 10.1. The number of esters is 1. The van der Waals surface area contributed by atoms with Crippen LogP contribution in [0.2, 0.25) is 0 Å². The van der Waals surface area contributed by atoms with Crippen LogP contribution in [0.25, 0.3) is 0 Å². The number of fused-ring (bicyclic) bond motifs is 1. The van der Waals surface area contributed by atoms with Crippen LogP contribution in [0.15, 0.2) is 54.6 Å². The molecule has 1 aliphatic heterocycles. The highest BCUT2D eigenvalue weighted by atomic mass is 16.5. The van der Waals surface area contributed by atoms with Gasteiger partial charge in [0.05, 0.1) is 17.0 Å². The molecule has 0 N–H and O–H groups in total. The number of benzene rings is 2. The van der Waals surface area contributed by atoms with Gasteiger partial charge in [0.25, 0.3) is 11.8 Å². The molecule has 0 fully saturated rings. The second-order valence-corrected chi connectivity index (χ2v) is 5.96. The largest absolute Gasteiger partial charge is 0.461 e. The summed E-state index contributed by atoms with van der Waals surface area (Å²) in [5.74, 6) is -1.64. The molecule has 0 aromatic heterocycles. The van der Waals surface area contributed by atoms with Crippen LogP contribution in [0.5, 0.6) is 0 Å². The maximum absolute atomic E-state index is 12.4. The summed E-state index contributed by atoms with van der Waals surface area (Å²) in [4.78, 5) is 38.3. The number of amides is 2. The minimum atomic E-state index is -0.536. The Morgan fingerprint density at radius 1 is 0.960 bits per heavy atom. The highest BCUT2D eigenvalue weighted by Gasteiger charge is 2.37. The van der Waals surface area contributed by atoms with E-state index in [-0.39, 0.29) is 25.0 Å². The Bertz CT molecular complexity index is 765. The van der Waals surface area contributed by atoms with Gasteiger partial charge < -0.3 is 4.74 Å². The molecule has 128 valence electrons. The fourth-order valence-corrected chi connectivity index (χ4v) is 2.84. The summed E-state index contributed by atoms with van der Waals surface area (Å²) in [5, 5.41) is 0. The summed E-state index contributed by atoms with van der Waals surface area (Å²) in [6, 6.07) is 16.1. The van der Waals surface area contributed by atoms with Gasteiger partial charge in [-0.3, -0.25) is 19.3 Å². The Labute approximate surface area is 146 Å². The van der Waals surface area contributed by atoms with E-state index in [1.807, 2.05) is 37.3 Å². The molecule has 3 rings (SSSR count). The van der Waals surface area contributed by atoms with Gasteiger partial charge in [-0.1, -0.05) is 49.4 Å². The highest BCUT2D eigenvalue weighted by molar-refractivity contribution is 6.21. The number of imide groups is 1. The highest BCUT2D eigenvalue weighted by Crippen LogP contribution is 2.24. The van der Waals surface area contributed by atoms with Gasteiger partial charge in [-0.2, -0.15) is 0 Å². The van der Waals surface area contributed by atoms with E-state index >= 15 is 0 Å². The van der Waals surface area contributed by atoms with Crippen molar-refractivity contribution in [3.05, 3.63) is 71.3 Å². The van der Waals surface area contributed by atoms with Crippen LogP contribution in [0.3, 0.4) is 0 Å². The summed E-state index contributed by atoms with van der Waals surface area (Å²) in [7, 11) is 0. The first-order chi connectivity index (χ1) is 12.1. The fraction of sp³-hybridized carbons (Fsp3) is 0.250.